The number of pyridine rings is 3. The van der Waals surface area contributed by atoms with Crippen LogP contribution < -0.4 is 11.1 Å². The number of aliphatic hydroxyl groups is 1. The molecule has 5 rings (SSSR count). The molecular weight excluding hydrogens is 406 g/mol. The molecule has 4 aromatic heterocycles. The summed E-state index contributed by atoms with van der Waals surface area (Å²) in [5.41, 5.74) is 10.7. The predicted molar refractivity (Wildman–Crippen MR) is 121 cm³/mol. The number of rotatable bonds is 6. The summed E-state index contributed by atoms with van der Waals surface area (Å²) in [6.45, 7) is 1.99. The van der Waals surface area contributed by atoms with Crippen LogP contribution in [0.25, 0.3) is 22.0 Å². The Balaban J connectivity index is 1.41. The molecule has 0 aromatic carbocycles. The van der Waals surface area contributed by atoms with E-state index >= 15 is 0 Å². The van der Waals surface area contributed by atoms with Gasteiger partial charge < -0.3 is 16.2 Å². The average molecular weight is 429 g/mol. The van der Waals surface area contributed by atoms with Gasteiger partial charge in [-0.2, -0.15) is 5.10 Å². The van der Waals surface area contributed by atoms with Crippen LogP contribution in [0.4, 0.5) is 11.6 Å². The van der Waals surface area contributed by atoms with Gasteiger partial charge >= 0.3 is 0 Å². The number of aromatic amines is 1. The second kappa shape index (κ2) is 8.01. The van der Waals surface area contributed by atoms with Gasteiger partial charge in [-0.1, -0.05) is 0 Å². The van der Waals surface area contributed by atoms with Crippen molar-refractivity contribution in [3.8, 4) is 11.3 Å². The molecule has 1 saturated carbocycles. The van der Waals surface area contributed by atoms with Gasteiger partial charge in [0.05, 0.1) is 11.9 Å². The topological polar surface area (TPSA) is 143 Å². The number of carbonyl (C=O) groups excluding carboxylic acids is 1. The van der Waals surface area contributed by atoms with E-state index in [1.807, 2.05) is 19.1 Å². The highest BCUT2D eigenvalue weighted by molar-refractivity contribution is 5.98. The third-order valence-electron chi connectivity index (χ3n) is 5.96. The molecule has 9 nitrogen and oxygen atoms in total. The fourth-order valence-corrected chi connectivity index (χ4v) is 4.15. The quantitative estimate of drug-likeness (QED) is 0.369. The lowest BCUT2D eigenvalue weighted by Gasteiger charge is -2.11. The van der Waals surface area contributed by atoms with Gasteiger partial charge in [0.15, 0.2) is 0 Å². The fourth-order valence-electron chi connectivity index (χ4n) is 4.15. The number of hydrogen-bond acceptors (Lipinski definition) is 7. The van der Waals surface area contributed by atoms with Gasteiger partial charge in [-0.3, -0.25) is 14.9 Å². The van der Waals surface area contributed by atoms with Crippen LogP contribution in [0, 0.1) is 12.8 Å². The van der Waals surface area contributed by atoms with Crippen LogP contribution in [0.2, 0.25) is 0 Å². The van der Waals surface area contributed by atoms with Crippen molar-refractivity contribution in [2.45, 2.75) is 25.7 Å². The number of nitrogen functional groups attached to an aromatic ring is 1. The average Bonchev–Trinajstić information content (AvgIpc) is 3.47. The van der Waals surface area contributed by atoms with Crippen molar-refractivity contribution in [3.63, 3.8) is 0 Å². The van der Waals surface area contributed by atoms with E-state index in [1.54, 1.807) is 30.9 Å². The normalized spacial score (nSPS) is 17.4. The van der Waals surface area contributed by atoms with Gasteiger partial charge in [0.25, 0.3) is 0 Å². The number of nitrogens with one attached hydrogen (secondary N) is 2. The molecule has 0 saturated heterocycles. The first-order chi connectivity index (χ1) is 15.5. The van der Waals surface area contributed by atoms with Crippen LogP contribution in [-0.2, 0) is 11.2 Å². The Bertz CT molecular complexity index is 1320. The number of hydrogen-bond donors (Lipinski definition) is 4. The number of H-pyrrole nitrogens is 1. The molecule has 2 unspecified atom stereocenters. The number of aliphatic hydroxyl groups excluding tert-OH is 1. The van der Waals surface area contributed by atoms with Gasteiger partial charge in [-0.05, 0) is 60.4 Å². The maximum Gasteiger partial charge on any atom is 0.229 e. The lowest BCUT2D eigenvalue weighted by Crippen LogP contribution is -2.15. The van der Waals surface area contributed by atoms with Gasteiger partial charge in [0.2, 0.25) is 5.91 Å². The Labute approximate surface area is 184 Å². The van der Waals surface area contributed by atoms with E-state index in [9.17, 15) is 9.90 Å². The Morgan fingerprint density at radius 1 is 1.31 bits per heavy atom. The maximum absolute atomic E-state index is 12.7. The zero-order valence-electron chi connectivity index (χ0n) is 17.5. The van der Waals surface area contributed by atoms with E-state index in [-0.39, 0.29) is 24.3 Å². The second-order valence-electron chi connectivity index (χ2n) is 8.08. The molecule has 1 aliphatic rings. The molecule has 0 radical (unpaired) electrons. The van der Waals surface area contributed by atoms with Crippen LogP contribution in [0.5, 0.6) is 0 Å². The van der Waals surface area contributed by atoms with Crippen molar-refractivity contribution in [1.82, 2.24) is 25.1 Å². The van der Waals surface area contributed by atoms with E-state index in [4.69, 9.17) is 5.73 Å². The maximum atomic E-state index is 12.7. The molecule has 1 aliphatic carbocycles. The Hall–Kier alpha value is -3.85. The number of anilines is 2. The van der Waals surface area contributed by atoms with Crippen molar-refractivity contribution in [2.75, 3.05) is 17.7 Å². The third-order valence-corrected chi connectivity index (χ3v) is 5.96. The molecule has 9 heteroatoms. The van der Waals surface area contributed by atoms with Crippen molar-refractivity contribution >= 4 is 28.3 Å². The monoisotopic (exact) mass is 429 g/mol. The summed E-state index contributed by atoms with van der Waals surface area (Å²) in [5, 5.41) is 20.8. The summed E-state index contributed by atoms with van der Waals surface area (Å²) in [4.78, 5) is 25.8. The molecule has 5 N–H and O–H groups in total. The highest BCUT2D eigenvalue weighted by Gasteiger charge is 2.45. The van der Waals surface area contributed by atoms with E-state index in [2.05, 4.69) is 30.5 Å². The first-order valence-corrected chi connectivity index (χ1v) is 10.5. The predicted octanol–water partition coefficient (Wildman–Crippen LogP) is 2.58. The van der Waals surface area contributed by atoms with Gasteiger partial charge in [0.1, 0.15) is 11.6 Å². The summed E-state index contributed by atoms with van der Waals surface area (Å²) in [5.74, 6) is 0.867. The van der Waals surface area contributed by atoms with Crippen molar-refractivity contribution < 1.29 is 9.90 Å². The molecule has 4 aromatic rings. The van der Waals surface area contributed by atoms with Crippen LogP contribution >= 0.6 is 0 Å². The molecule has 1 fully saturated rings. The van der Waals surface area contributed by atoms with Crippen molar-refractivity contribution in [1.29, 1.82) is 0 Å². The summed E-state index contributed by atoms with van der Waals surface area (Å²) in [7, 11) is 0. The minimum absolute atomic E-state index is 0.0285. The minimum Gasteiger partial charge on any atom is -0.396 e. The Morgan fingerprint density at radius 2 is 2.19 bits per heavy atom. The fraction of sp³-hybridized carbons (Fsp3) is 0.261. The smallest absolute Gasteiger partial charge is 0.229 e. The summed E-state index contributed by atoms with van der Waals surface area (Å²) in [6, 6.07) is 5.56. The zero-order valence-corrected chi connectivity index (χ0v) is 17.5. The SMILES string of the molecule is Cc1[nH]ncc1C1CC1C(=O)Nc1cc2cc(-c3cnccc3CCO)nc(N)c2cn1. The number of carbonyl (C=O) groups is 1. The molecule has 162 valence electrons. The number of fused-ring (bicyclic) bond motifs is 1. The molecule has 2 atom stereocenters. The summed E-state index contributed by atoms with van der Waals surface area (Å²) < 4.78 is 0. The van der Waals surface area contributed by atoms with Gasteiger partial charge in [-0.15, -0.1) is 0 Å². The molecule has 0 aliphatic heterocycles. The number of aryl methyl sites for hydroxylation is 1. The Kier molecular flexibility index (Phi) is 5.02. The highest BCUT2D eigenvalue weighted by atomic mass is 16.3. The lowest BCUT2D eigenvalue weighted by molar-refractivity contribution is -0.117. The molecule has 0 bridgehead atoms. The molecule has 4 heterocycles. The first kappa shape index (κ1) is 20.1. The van der Waals surface area contributed by atoms with Crippen LogP contribution in [0.15, 0.2) is 43.0 Å². The number of nitrogens with two attached hydrogens (primary N) is 1. The molecule has 0 spiro atoms. The highest BCUT2D eigenvalue weighted by Crippen LogP contribution is 2.48. The van der Waals surface area contributed by atoms with E-state index in [0.717, 1.165) is 34.2 Å². The van der Waals surface area contributed by atoms with Crippen molar-refractivity contribution in [3.05, 3.63) is 59.8 Å². The molecule has 32 heavy (non-hydrogen) atoms. The van der Waals surface area contributed by atoms with Gasteiger partial charge in [-0.25, -0.2) is 9.97 Å². The van der Waals surface area contributed by atoms with Crippen LogP contribution in [-0.4, -0.2) is 42.8 Å². The number of amides is 1. The Morgan fingerprint density at radius 3 is 2.97 bits per heavy atom. The number of nitrogens with zero attached hydrogens (tertiary/aromatic N) is 4. The van der Waals surface area contributed by atoms with E-state index in [0.29, 0.717) is 29.1 Å². The molecule has 1 amide bonds. The summed E-state index contributed by atoms with van der Waals surface area (Å²) >= 11 is 0. The standard InChI is InChI=1S/C23H23N7O2/c1-12-17(11-27-30-12)15-8-16(15)23(32)29-21-7-14-6-20(28-22(24)19(14)10-26-21)18-9-25-4-2-13(18)3-5-31/h2,4,6-7,9-11,15-16,31H,3,5,8H2,1H3,(H2,24,28)(H,27,30)(H,26,29,32). The molecular formula is C23H23N7O2. The second-order valence-corrected chi connectivity index (χ2v) is 8.08. The third kappa shape index (κ3) is 3.67. The minimum atomic E-state index is -0.0849. The largest absolute Gasteiger partial charge is 0.396 e. The van der Waals surface area contributed by atoms with Gasteiger partial charge in [0, 0.05) is 47.8 Å². The van der Waals surface area contributed by atoms with Crippen LogP contribution in [0.3, 0.4) is 0 Å². The van der Waals surface area contributed by atoms with Crippen molar-refractivity contribution in [2.24, 2.45) is 5.92 Å². The van der Waals surface area contributed by atoms with Crippen LogP contribution in [0.1, 0.15) is 29.2 Å². The lowest BCUT2D eigenvalue weighted by atomic mass is 10.0. The van der Waals surface area contributed by atoms with E-state index in [1.165, 1.54) is 0 Å². The van der Waals surface area contributed by atoms with E-state index < -0.39 is 0 Å². The summed E-state index contributed by atoms with van der Waals surface area (Å²) in [6.07, 6.45) is 8.12. The number of aromatic nitrogens is 5. The zero-order chi connectivity index (χ0) is 22.2. The first-order valence-electron chi connectivity index (χ1n) is 10.5.